The highest BCUT2D eigenvalue weighted by atomic mass is 33.1. The van der Waals surface area contributed by atoms with E-state index in [0.29, 0.717) is 0 Å². The molecule has 0 aliphatic rings. The number of aliphatic hydroxyl groups is 1. The van der Waals surface area contributed by atoms with E-state index in [0.717, 1.165) is 5.56 Å². The van der Waals surface area contributed by atoms with Crippen LogP contribution >= 0.6 is 22.5 Å². The average Bonchev–Trinajstić information content (AvgIpc) is 2.09. The molecule has 0 spiro atoms. The van der Waals surface area contributed by atoms with Gasteiger partial charge in [0.1, 0.15) is 0 Å². The minimum atomic E-state index is 0.0968. The molecule has 0 aliphatic heterocycles. The van der Waals surface area contributed by atoms with Crippen LogP contribution in [-0.2, 0) is 0 Å². The van der Waals surface area contributed by atoms with Crippen LogP contribution in [0.4, 0.5) is 0 Å². The third kappa shape index (κ3) is 2.43. The molecule has 1 rings (SSSR count). The molecule has 0 saturated carbocycles. The van der Waals surface area contributed by atoms with Crippen LogP contribution in [-0.4, -0.2) is 11.7 Å². The Hall–Kier alpha value is -0.120. The second-order valence-corrected chi connectivity index (χ2v) is 3.60. The van der Waals surface area contributed by atoms with Crippen LogP contribution < -0.4 is 0 Å². The molecule has 0 bridgehead atoms. The first-order valence-electron chi connectivity index (χ1n) is 3.34. The van der Waals surface area contributed by atoms with Crippen LogP contribution in [0.15, 0.2) is 30.3 Å². The molecule has 60 valence electrons. The lowest BCUT2D eigenvalue weighted by Crippen LogP contribution is -1.96. The number of thiol groups is 1. The van der Waals surface area contributed by atoms with Crippen molar-refractivity contribution in [2.24, 2.45) is 0 Å². The van der Waals surface area contributed by atoms with Crippen LogP contribution in [0.25, 0.3) is 0 Å². The van der Waals surface area contributed by atoms with Gasteiger partial charge in [-0.1, -0.05) is 41.1 Å². The summed E-state index contributed by atoms with van der Waals surface area (Å²) in [6, 6.07) is 9.86. The highest BCUT2D eigenvalue weighted by Crippen LogP contribution is 2.30. The lowest BCUT2D eigenvalue weighted by atomic mass is 10.2. The SMILES string of the molecule is OCC(SS)c1ccccc1. The molecule has 1 aromatic rings. The summed E-state index contributed by atoms with van der Waals surface area (Å²) < 4.78 is 0. The highest BCUT2D eigenvalue weighted by molar-refractivity contribution is 8.68. The zero-order valence-electron chi connectivity index (χ0n) is 5.97. The molecule has 3 heteroatoms. The lowest BCUT2D eigenvalue weighted by molar-refractivity contribution is 0.297. The van der Waals surface area contributed by atoms with Crippen molar-refractivity contribution >= 4 is 22.5 Å². The first-order valence-corrected chi connectivity index (χ1v) is 5.27. The molecule has 0 heterocycles. The van der Waals surface area contributed by atoms with Crippen molar-refractivity contribution in [1.29, 1.82) is 0 Å². The molecular formula is C8H10OS2. The Morgan fingerprint density at radius 1 is 1.36 bits per heavy atom. The number of hydrogen-bond donors (Lipinski definition) is 2. The Morgan fingerprint density at radius 3 is 2.45 bits per heavy atom. The fraction of sp³-hybridized carbons (Fsp3) is 0.250. The minimum Gasteiger partial charge on any atom is -0.395 e. The number of rotatable bonds is 3. The maximum absolute atomic E-state index is 8.91. The van der Waals surface area contributed by atoms with Crippen molar-refractivity contribution < 1.29 is 5.11 Å². The van der Waals surface area contributed by atoms with Gasteiger partial charge in [0, 0.05) is 0 Å². The van der Waals surface area contributed by atoms with Crippen molar-refractivity contribution in [2.75, 3.05) is 6.61 Å². The smallest absolute Gasteiger partial charge is 0.0629 e. The summed E-state index contributed by atoms with van der Waals surface area (Å²) in [5.41, 5.74) is 1.12. The average molecular weight is 186 g/mol. The highest BCUT2D eigenvalue weighted by Gasteiger charge is 2.06. The predicted octanol–water partition coefficient (Wildman–Crippen LogP) is 2.30. The van der Waals surface area contributed by atoms with Gasteiger partial charge in [-0.2, -0.15) is 0 Å². The molecular weight excluding hydrogens is 176 g/mol. The molecule has 11 heavy (non-hydrogen) atoms. The fourth-order valence-electron chi connectivity index (χ4n) is 0.867. The summed E-state index contributed by atoms with van der Waals surface area (Å²) in [5.74, 6) is 0. The topological polar surface area (TPSA) is 20.2 Å². The normalized spacial score (nSPS) is 12.9. The van der Waals surface area contributed by atoms with Crippen LogP contribution in [0, 0.1) is 0 Å². The van der Waals surface area contributed by atoms with Crippen molar-refractivity contribution in [3.8, 4) is 0 Å². The van der Waals surface area contributed by atoms with Crippen LogP contribution in [0.1, 0.15) is 10.8 Å². The Bertz CT molecular complexity index is 197. The summed E-state index contributed by atoms with van der Waals surface area (Å²) in [5, 5.41) is 9.01. The van der Waals surface area contributed by atoms with E-state index >= 15 is 0 Å². The minimum absolute atomic E-state index is 0.0968. The van der Waals surface area contributed by atoms with Gasteiger partial charge in [0.2, 0.25) is 0 Å². The van der Waals surface area contributed by atoms with Gasteiger partial charge in [0.15, 0.2) is 0 Å². The number of hydrogen-bond acceptors (Lipinski definition) is 3. The van der Waals surface area contributed by atoms with E-state index in [9.17, 15) is 0 Å². The number of benzene rings is 1. The van der Waals surface area contributed by atoms with Gasteiger partial charge in [0.25, 0.3) is 0 Å². The first kappa shape index (κ1) is 8.97. The molecule has 1 aromatic carbocycles. The zero-order chi connectivity index (χ0) is 8.10. The predicted molar refractivity (Wildman–Crippen MR) is 52.8 cm³/mol. The lowest BCUT2D eigenvalue weighted by Gasteiger charge is -2.09. The summed E-state index contributed by atoms with van der Waals surface area (Å²) in [7, 11) is 1.37. The van der Waals surface area contributed by atoms with Gasteiger partial charge >= 0.3 is 0 Å². The zero-order valence-corrected chi connectivity index (χ0v) is 7.68. The summed E-state index contributed by atoms with van der Waals surface area (Å²) in [6.07, 6.45) is 0. The van der Waals surface area contributed by atoms with Crippen molar-refractivity contribution in [1.82, 2.24) is 0 Å². The molecule has 1 atom stereocenters. The third-order valence-corrected chi connectivity index (χ3v) is 2.90. The van der Waals surface area contributed by atoms with E-state index in [2.05, 4.69) is 11.7 Å². The van der Waals surface area contributed by atoms with Crippen LogP contribution in [0.5, 0.6) is 0 Å². The molecule has 1 N–H and O–H groups in total. The second kappa shape index (κ2) is 4.70. The van der Waals surface area contributed by atoms with E-state index in [1.165, 1.54) is 10.8 Å². The monoisotopic (exact) mass is 186 g/mol. The van der Waals surface area contributed by atoms with Gasteiger partial charge in [-0.3, -0.25) is 0 Å². The van der Waals surface area contributed by atoms with Gasteiger partial charge in [-0.25, -0.2) is 0 Å². The molecule has 0 aromatic heterocycles. The Balaban J connectivity index is 2.74. The van der Waals surface area contributed by atoms with Crippen molar-refractivity contribution in [3.05, 3.63) is 35.9 Å². The standard InChI is InChI=1S/C8H10OS2/c9-6-8(11-10)7-4-2-1-3-5-7/h1-5,8-10H,6H2. The largest absolute Gasteiger partial charge is 0.395 e. The van der Waals surface area contributed by atoms with Crippen LogP contribution in [0.3, 0.4) is 0 Å². The second-order valence-electron chi connectivity index (χ2n) is 2.19. The molecule has 0 saturated heterocycles. The van der Waals surface area contributed by atoms with E-state index < -0.39 is 0 Å². The summed E-state index contributed by atoms with van der Waals surface area (Å²) in [4.78, 5) is 0. The molecule has 0 radical (unpaired) electrons. The van der Waals surface area contributed by atoms with Crippen LogP contribution in [0.2, 0.25) is 0 Å². The van der Waals surface area contributed by atoms with E-state index in [-0.39, 0.29) is 11.9 Å². The maximum Gasteiger partial charge on any atom is 0.0629 e. The Morgan fingerprint density at radius 2 is 2.00 bits per heavy atom. The summed E-state index contributed by atoms with van der Waals surface area (Å²) in [6.45, 7) is 0.137. The molecule has 1 nitrogen and oxygen atoms in total. The van der Waals surface area contributed by atoms with Gasteiger partial charge in [-0.05, 0) is 5.56 Å². The van der Waals surface area contributed by atoms with Crippen molar-refractivity contribution in [3.63, 3.8) is 0 Å². The molecule has 0 fully saturated rings. The molecule has 0 aliphatic carbocycles. The van der Waals surface area contributed by atoms with E-state index in [1.807, 2.05) is 30.3 Å². The summed E-state index contributed by atoms with van der Waals surface area (Å²) >= 11 is 4.06. The maximum atomic E-state index is 8.91. The first-order chi connectivity index (χ1) is 5.38. The number of aliphatic hydroxyl groups excluding tert-OH is 1. The third-order valence-electron chi connectivity index (χ3n) is 1.46. The molecule has 1 unspecified atom stereocenters. The van der Waals surface area contributed by atoms with E-state index in [4.69, 9.17) is 5.11 Å². The fourth-order valence-corrected chi connectivity index (χ4v) is 1.78. The van der Waals surface area contributed by atoms with Gasteiger partial charge in [-0.15, -0.1) is 11.7 Å². The van der Waals surface area contributed by atoms with Gasteiger partial charge in [0.05, 0.1) is 11.9 Å². The van der Waals surface area contributed by atoms with E-state index in [1.54, 1.807) is 0 Å². The Labute approximate surface area is 75.6 Å². The quantitative estimate of drug-likeness (QED) is 0.558. The van der Waals surface area contributed by atoms with Crippen molar-refractivity contribution in [2.45, 2.75) is 5.25 Å². The Kier molecular flexibility index (Phi) is 3.83. The molecule has 0 amide bonds. The van der Waals surface area contributed by atoms with Gasteiger partial charge < -0.3 is 5.11 Å².